The van der Waals surface area contributed by atoms with E-state index >= 15 is 0 Å². The van der Waals surface area contributed by atoms with Gasteiger partial charge in [0.25, 0.3) is 0 Å². The average molecular weight is 541 g/mol. The summed E-state index contributed by atoms with van der Waals surface area (Å²) < 4.78 is 26.4. The predicted molar refractivity (Wildman–Crippen MR) is 140 cm³/mol. The first-order chi connectivity index (χ1) is 16.5. The normalized spacial score (nSPS) is 15.0. The highest BCUT2D eigenvalue weighted by atomic mass is 35.5. The van der Waals surface area contributed by atoms with Crippen molar-refractivity contribution in [3.8, 4) is 0 Å². The van der Waals surface area contributed by atoms with Gasteiger partial charge in [-0.15, -0.1) is 0 Å². The number of hydrogen-bond donors (Lipinski definition) is 1. The lowest BCUT2D eigenvalue weighted by atomic mass is 10.1. The lowest BCUT2D eigenvalue weighted by molar-refractivity contribution is -0.139. The number of carbonyl (C=O) groups is 2. The van der Waals surface area contributed by atoms with Crippen LogP contribution in [0.2, 0.25) is 10.0 Å². The third kappa shape index (κ3) is 7.12. The van der Waals surface area contributed by atoms with Crippen LogP contribution in [0.3, 0.4) is 0 Å². The molecule has 2 aromatic rings. The third-order valence-electron chi connectivity index (χ3n) is 6.32. The monoisotopic (exact) mass is 539 g/mol. The minimum atomic E-state index is -3.82. The first kappa shape index (κ1) is 27.3. The third-order valence-corrected chi connectivity index (χ3v) is 8.11. The molecule has 1 fully saturated rings. The second-order valence-corrected chi connectivity index (χ2v) is 11.7. The average Bonchev–Trinajstić information content (AvgIpc) is 3.31. The van der Waals surface area contributed by atoms with E-state index in [0.717, 1.165) is 41.8 Å². The second kappa shape index (κ2) is 11.6. The molecule has 3 rings (SSSR count). The van der Waals surface area contributed by atoms with Crippen LogP contribution < -0.4 is 9.62 Å². The molecule has 0 saturated heterocycles. The van der Waals surface area contributed by atoms with E-state index < -0.39 is 28.5 Å². The summed E-state index contributed by atoms with van der Waals surface area (Å²) in [6.07, 6.45) is 5.00. The quantitative estimate of drug-likeness (QED) is 0.506. The molecule has 1 N–H and O–H groups in total. The molecule has 1 aliphatic carbocycles. The van der Waals surface area contributed by atoms with Gasteiger partial charge in [-0.05, 0) is 62.1 Å². The molecule has 35 heavy (non-hydrogen) atoms. The maximum absolute atomic E-state index is 13.6. The van der Waals surface area contributed by atoms with Crippen molar-refractivity contribution in [2.75, 3.05) is 17.1 Å². The highest BCUT2D eigenvalue weighted by molar-refractivity contribution is 7.92. The minimum absolute atomic E-state index is 0.0964. The molecule has 1 atom stereocenters. The second-order valence-electron chi connectivity index (χ2n) is 8.97. The van der Waals surface area contributed by atoms with E-state index in [-0.39, 0.29) is 18.5 Å². The highest BCUT2D eigenvalue weighted by Crippen LogP contribution is 2.28. The summed E-state index contributed by atoms with van der Waals surface area (Å²) in [5, 5.41) is 3.99. The van der Waals surface area contributed by atoms with E-state index in [0.29, 0.717) is 21.3 Å². The fourth-order valence-electron chi connectivity index (χ4n) is 4.22. The number of hydrogen-bond acceptors (Lipinski definition) is 4. The molecule has 0 bridgehead atoms. The van der Waals surface area contributed by atoms with E-state index in [1.54, 1.807) is 56.3 Å². The molecule has 2 amide bonds. The number of amides is 2. The van der Waals surface area contributed by atoms with Crippen molar-refractivity contribution < 1.29 is 18.0 Å². The summed E-state index contributed by atoms with van der Waals surface area (Å²) in [4.78, 5) is 28.1. The molecule has 0 heterocycles. The van der Waals surface area contributed by atoms with Gasteiger partial charge in [0.05, 0.1) is 11.9 Å². The summed E-state index contributed by atoms with van der Waals surface area (Å²) in [6.45, 7) is 3.02. The van der Waals surface area contributed by atoms with Gasteiger partial charge in [0.1, 0.15) is 12.6 Å². The SMILES string of the molecule is Cc1c(Cl)cccc1N(CC(=O)N(Cc1ccc(Cl)cc1)[C@@H](C)C(=O)NC1CCCC1)S(C)(=O)=O. The number of carbonyl (C=O) groups excluding carboxylic acids is 2. The highest BCUT2D eigenvalue weighted by Gasteiger charge is 2.31. The zero-order chi connectivity index (χ0) is 25.8. The van der Waals surface area contributed by atoms with E-state index in [1.807, 2.05) is 0 Å². The zero-order valence-electron chi connectivity index (χ0n) is 20.1. The standard InChI is InChI=1S/C25H31Cl2N3O4S/c1-17-22(27)9-6-10-23(17)30(35(3,33)34)16-24(31)29(15-19-11-13-20(26)14-12-19)18(2)25(32)28-21-7-4-5-8-21/h6,9-14,18,21H,4-5,7-8,15-16H2,1-3H3,(H,28,32)/t18-/m0/s1. The number of sulfonamides is 1. The molecule has 0 radical (unpaired) electrons. The van der Waals surface area contributed by atoms with Gasteiger partial charge in [-0.1, -0.05) is 54.2 Å². The van der Waals surface area contributed by atoms with Crippen LogP contribution in [0.25, 0.3) is 0 Å². The summed E-state index contributed by atoms with van der Waals surface area (Å²) >= 11 is 12.2. The first-order valence-electron chi connectivity index (χ1n) is 11.5. The lowest BCUT2D eigenvalue weighted by Crippen LogP contribution is -2.52. The number of rotatable bonds is 9. The smallest absolute Gasteiger partial charge is 0.244 e. The van der Waals surface area contributed by atoms with E-state index in [2.05, 4.69) is 5.32 Å². The topological polar surface area (TPSA) is 86.8 Å². The van der Waals surface area contributed by atoms with Crippen molar-refractivity contribution in [2.24, 2.45) is 0 Å². The fourth-order valence-corrected chi connectivity index (χ4v) is 5.42. The van der Waals surface area contributed by atoms with Crippen LogP contribution in [0, 0.1) is 6.92 Å². The number of anilines is 1. The van der Waals surface area contributed by atoms with Crippen LogP contribution in [-0.4, -0.2) is 50.0 Å². The van der Waals surface area contributed by atoms with Gasteiger partial charge in [0, 0.05) is 22.6 Å². The Labute approximate surface area is 217 Å². The molecule has 0 aromatic heterocycles. The van der Waals surface area contributed by atoms with E-state index in [1.165, 1.54) is 4.90 Å². The Hall–Kier alpha value is -2.29. The van der Waals surface area contributed by atoms with Crippen molar-refractivity contribution in [2.45, 2.75) is 58.2 Å². The number of benzene rings is 2. The summed E-state index contributed by atoms with van der Waals surface area (Å²) in [5.41, 5.74) is 1.64. The molecule has 10 heteroatoms. The maximum Gasteiger partial charge on any atom is 0.244 e. The van der Waals surface area contributed by atoms with Gasteiger partial charge >= 0.3 is 0 Å². The molecule has 0 aliphatic heterocycles. The molecular weight excluding hydrogens is 509 g/mol. The summed E-state index contributed by atoms with van der Waals surface area (Å²) in [7, 11) is -3.82. The van der Waals surface area contributed by atoms with Gasteiger partial charge in [-0.2, -0.15) is 0 Å². The Bertz CT molecular complexity index is 1170. The van der Waals surface area contributed by atoms with Crippen LogP contribution in [-0.2, 0) is 26.2 Å². The summed E-state index contributed by atoms with van der Waals surface area (Å²) in [6, 6.07) is 11.2. The largest absolute Gasteiger partial charge is 0.352 e. The number of nitrogens with one attached hydrogen (secondary N) is 1. The van der Waals surface area contributed by atoms with Crippen LogP contribution in [0.1, 0.15) is 43.7 Å². The molecule has 7 nitrogen and oxygen atoms in total. The number of halogens is 2. The molecule has 0 unspecified atom stereocenters. The molecule has 1 aliphatic rings. The Morgan fingerprint density at radius 3 is 2.31 bits per heavy atom. The van der Waals surface area contributed by atoms with Gasteiger partial charge < -0.3 is 10.2 Å². The van der Waals surface area contributed by atoms with Crippen molar-refractivity contribution in [1.82, 2.24) is 10.2 Å². The molecule has 0 spiro atoms. The fraction of sp³-hybridized carbons (Fsp3) is 0.440. The zero-order valence-corrected chi connectivity index (χ0v) is 22.5. The van der Waals surface area contributed by atoms with Crippen LogP contribution in [0.15, 0.2) is 42.5 Å². The minimum Gasteiger partial charge on any atom is -0.352 e. The number of nitrogens with zero attached hydrogens (tertiary/aromatic N) is 2. The lowest BCUT2D eigenvalue weighted by Gasteiger charge is -2.32. The molecule has 2 aromatic carbocycles. The molecular formula is C25H31Cl2N3O4S. The summed E-state index contributed by atoms with van der Waals surface area (Å²) in [5.74, 6) is -0.761. The van der Waals surface area contributed by atoms with E-state index in [9.17, 15) is 18.0 Å². The van der Waals surface area contributed by atoms with Crippen LogP contribution in [0.5, 0.6) is 0 Å². The van der Waals surface area contributed by atoms with Crippen molar-refractivity contribution in [3.05, 3.63) is 63.6 Å². The maximum atomic E-state index is 13.6. The van der Waals surface area contributed by atoms with E-state index in [4.69, 9.17) is 23.2 Å². The van der Waals surface area contributed by atoms with Crippen LogP contribution >= 0.6 is 23.2 Å². The van der Waals surface area contributed by atoms with Gasteiger partial charge in [0.2, 0.25) is 21.8 Å². The van der Waals surface area contributed by atoms with Crippen molar-refractivity contribution in [1.29, 1.82) is 0 Å². The Morgan fingerprint density at radius 2 is 1.71 bits per heavy atom. The van der Waals surface area contributed by atoms with Crippen molar-refractivity contribution in [3.63, 3.8) is 0 Å². The first-order valence-corrected chi connectivity index (χ1v) is 14.1. The van der Waals surface area contributed by atoms with Gasteiger partial charge in [0.15, 0.2) is 0 Å². The Morgan fingerprint density at radius 1 is 1.09 bits per heavy atom. The van der Waals surface area contributed by atoms with Crippen LogP contribution in [0.4, 0.5) is 5.69 Å². The van der Waals surface area contributed by atoms with Gasteiger partial charge in [-0.3, -0.25) is 13.9 Å². The molecule has 190 valence electrons. The molecule has 1 saturated carbocycles. The van der Waals surface area contributed by atoms with Crippen molar-refractivity contribution >= 4 is 50.7 Å². The van der Waals surface area contributed by atoms with Gasteiger partial charge in [-0.25, -0.2) is 8.42 Å². The Balaban J connectivity index is 1.90. The Kier molecular flexibility index (Phi) is 9.07. The predicted octanol–water partition coefficient (Wildman–Crippen LogP) is 4.54.